The number of anilines is 1. The van der Waals surface area contributed by atoms with Crippen molar-refractivity contribution in [2.45, 2.75) is 20.4 Å². The minimum atomic E-state index is -0.356. The first-order valence-corrected chi connectivity index (χ1v) is 6.63. The molecule has 5 nitrogen and oxygen atoms in total. The Bertz CT molecular complexity index is 669. The maximum Gasteiger partial charge on any atom is 0.274 e. The Morgan fingerprint density at radius 3 is 2.62 bits per heavy atom. The van der Waals surface area contributed by atoms with Gasteiger partial charge in [-0.25, -0.2) is 0 Å². The number of nitro benzene ring substituents is 1. The van der Waals surface area contributed by atoms with E-state index in [0.29, 0.717) is 12.1 Å². The molecule has 0 aliphatic carbocycles. The lowest BCUT2D eigenvalue weighted by Gasteiger charge is -2.11. The maximum atomic E-state index is 11.0. The summed E-state index contributed by atoms with van der Waals surface area (Å²) in [7, 11) is 1.63. The van der Waals surface area contributed by atoms with Crippen molar-refractivity contribution in [1.82, 2.24) is 0 Å². The van der Waals surface area contributed by atoms with Crippen LogP contribution < -0.4 is 10.1 Å². The molecule has 0 unspecified atom stereocenters. The normalized spacial score (nSPS) is 10.2. The number of nitrogens with zero attached hydrogens (tertiary/aromatic N) is 1. The topological polar surface area (TPSA) is 64.4 Å². The molecule has 110 valence electrons. The van der Waals surface area contributed by atoms with Crippen LogP contribution in [-0.4, -0.2) is 12.0 Å². The lowest BCUT2D eigenvalue weighted by molar-refractivity contribution is -0.385. The molecule has 0 atom stereocenters. The monoisotopic (exact) mass is 286 g/mol. The first-order chi connectivity index (χ1) is 10.0. The summed E-state index contributed by atoms with van der Waals surface area (Å²) in [5.41, 5.74) is 3.62. The van der Waals surface area contributed by atoms with Crippen LogP contribution in [0.3, 0.4) is 0 Å². The number of hydrogen-bond acceptors (Lipinski definition) is 4. The predicted octanol–water partition coefficient (Wildman–Crippen LogP) is 3.83. The van der Waals surface area contributed by atoms with Gasteiger partial charge >= 0.3 is 0 Å². The first kappa shape index (κ1) is 14.8. The zero-order valence-corrected chi connectivity index (χ0v) is 12.3. The van der Waals surface area contributed by atoms with Gasteiger partial charge < -0.3 is 10.1 Å². The van der Waals surface area contributed by atoms with Gasteiger partial charge in [0.05, 0.1) is 12.0 Å². The van der Waals surface area contributed by atoms with Crippen molar-refractivity contribution in [2.75, 3.05) is 12.4 Å². The summed E-state index contributed by atoms with van der Waals surface area (Å²) in [5, 5.41) is 14.2. The molecule has 1 N–H and O–H groups in total. The van der Waals surface area contributed by atoms with Crippen LogP contribution in [0.25, 0.3) is 0 Å². The van der Waals surface area contributed by atoms with E-state index in [1.165, 1.54) is 0 Å². The van der Waals surface area contributed by atoms with Gasteiger partial charge in [-0.15, -0.1) is 0 Å². The van der Waals surface area contributed by atoms with E-state index in [-0.39, 0.29) is 10.6 Å². The number of benzene rings is 2. The number of methoxy groups -OCH3 is 1. The molecule has 0 aromatic heterocycles. The van der Waals surface area contributed by atoms with E-state index in [0.717, 1.165) is 22.6 Å². The molecule has 0 bridgehead atoms. The molecule has 0 aliphatic heterocycles. The molecule has 2 aromatic rings. The highest BCUT2D eigenvalue weighted by atomic mass is 16.6. The van der Waals surface area contributed by atoms with Gasteiger partial charge in [0.1, 0.15) is 5.75 Å². The van der Waals surface area contributed by atoms with Crippen molar-refractivity contribution in [3.8, 4) is 5.75 Å². The summed E-state index contributed by atoms with van der Waals surface area (Å²) >= 11 is 0. The molecule has 0 spiro atoms. The average Bonchev–Trinajstić information content (AvgIpc) is 2.46. The predicted molar refractivity (Wildman–Crippen MR) is 82.9 cm³/mol. The standard InChI is InChI=1S/C16H18N2O3/c1-11-7-12(2)16(18(19)20)9-15(11)17-10-13-5-4-6-14(8-13)21-3/h4-9,17H,10H2,1-3H3. The van der Waals surface area contributed by atoms with Gasteiger partial charge in [-0.1, -0.05) is 12.1 Å². The summed E-state index contributed by atoms with van der Waals surface area (Å²) in [5.74, 6) is 0.793. The molecular formula is C16H18N2O3. The fourth-order valence-electron chi connectivity index (χ4n) is 2.21. The molecule has 0 radical (unpaired) electrons. The van der Waals surface area contributed by atoms with E-state index in [9.17, 15) is 10.1 Å². The number of aryl methyl sites for hydroxylation is 2. The molecule has 21 heavy (non-hydrogen) atoms. The Hall–Kier alpha value is -2.56. The summed E-state index contributed by atoms with van der Waals surface area (Å²) in [6, 6.07) is 11.1. The first-order valence-electron chi connectivity index (χ1n) is 6.63. The van der Waals surface area contributed by atoms with Gasteiger partial charge in [-0.3, -0.25) is 10.1 Å². The maximum absolute atomic E-state index is 11.0. The van der Waals surface area contributed by atoms with Crippen LogP contribution in [0.1, 0.15) is 16.7 Å². The van der Waals surface area contributed by atoms with Crippen molar-refractivity contribution >= 4 is 11.4 Å². The summed E-state index contributed by atoms with van der Waals surface area (Å²) in [4.78, 5) is 10.6. The van der Waals surface area contributed by atoms with Crippen LogP contribution in [0, 0.1) is 24.0 Å². The second-order valence-corrected chi connectivity index (χ2v) is 4.92. The van der Waals surface area contributed by atoms with Gasteiger partial charge in [-0.2, -0.15) is 0 Å². The number of ether oxygens (including phenoxy) is 1. The van der Waals surface area contributed by atoms with E-state index in [1.54, 1.807) is 20.1 Å². The highest BCUT2D eigenvalue weighted by Gasteiger charge is 2.13. The van der Waals surface area contributed by atoms with Gasteiger partial charge in [0.2, 0.25) is 0 Å². The van der Waals surface area contributed by atoms with Gasteiger partial charge in [-0.05, 0) is 43.2 Å². The smallest absolute Gasteiger partial charge is 0.274 e. The zero-order valence-electron chi connectivity index (χ0n) is 12.3. The molecule has 5 heteroatoms. The number of hydrogen-bond donors (Lipinski definition) is 1. The largest absolute Gasteiger partial charge is 0.497 e. The minimum absolute atomic E-state index is 0.133. The van der Waals surface area contributed by atoms with E-state index in [4.69, 9.17) is 4.74 Å². The average molecular weight is 286 g/mol. The molecule has 2 aromatic carbocycles. The summed E-state index contributed by atoms with van der Waals surface area (Å²) < 4.78 is 5.18. The summed E-state index contributed by atoms with van der Waals surface area (Å²) in [6.45, 7) is 4.26. The lowest BCUT2D eigenvalue weighted by Crippen LogP contribution is -2.03. The van der Waals surface area contributed by atoms with Crippen molar-refractivity contribution in [1.29, 1.82) is 0 Å². The highest BCUT2D eigenvalue weighted by molar-refractivity contribution is 5.60. The molecule has 2 rings (SSSR count). The van der Waals surface area contributed by atoms with E-state index >= 15 is 0 Å². The number of rotatable bonds is 5. The number of nitrogens with one attached hydrogen (secondary N) is 1. The van der Waals surface area contributed by atoms with Gasteiger partial charge in [0.25, 0.3) is 5.69 Å². The second kappa shape index (κ2) is 6.26. The lowest BCUT2D eigenvalue weighted by atomic mass is 10.1. The van der Waals surface area contributed by atoms with Crippen LogP contribution in [0.2, 0.25) is 0 Å². The molecule has 0 saturated heterocycles. The van der Waals surface area contributed by atoms with Gasteiger partial charge in [0.15, 0.2) is 0 Å². The molecule has 0 aliphatic rings. The fourth-order valence-corrected chi connectivity index (χ4v) is 2.21. The molecular weight excluding hydrogens is 268 g/mol. The van der Waals surface area contributed by atoms with Crippen LogP contribution in [-0.2, 0) is 6.54 Å². The van der Waals surface area contributed by atoms with E-state index < -0.39 is 0 Å². The van der Waals surface area contributed by atoms with Crippen LogP contribution in [0.4, 0.5) is 11.4 Å². The van der Waals surface area contributed by atoms with Crippen molar-refractivity contribution < 1.29 is 9.66 Å². The Morgan fingerprint density at radius 1 is 1.19 bits per heavy atom. The Morgan fingerprint density at radius 2 is 1.95 bits per heavy atom. The number of nitro groups is 1. The van der Waals surface area contributed by atoms with Crippen LogP contribution in [0.5, 0.6) is 5.75 Å². The highest BCUT2D eigenvalue weighted by Crippen LogP contribution is 2.26. The van der Waals surface area contributed by atoms with Crippen molar-refractivity contribution in [3.63, 3.8) is 0 Å². The third-order valence-electron chi connectivity index (χ3n) is 3.36. The Kier molecular flexibility index (Phi) is 4.42. The van der Waals surface area contributed by atoms with Crippen LogP contribution in [0.15, 0.2) is 36.4 Å². The quantitative estimate of drug-likeness (QED) is 0.670. The van der Waals surface area contributed by atoms with Gasteiger partial charge in [0, 0.05) is 23.9 Å². The summed E-state index contributed by atoms with van der Waals surface area (Å²) in [6.07, 6.45) is 0. The zero-order chi connectivity index (χ0) is 15.4. The molecule has 0 fully saturated rings. The minimum Gasteiger partial charge on any atom is -0.497 e. The Labute approximate surface area is 123 Å². The Balaban J connectivity index is 2.19. The third-order valence-corrected chi connectivity index (χ3v) is 3.36. The van der Waals surface area contributed by atoms with Crippen molar-refractivity contribution in [3.05, 3.63) is 63.2 Å². The molecule has 0 heterocycles. The van der Waals surface area contributed by atoms with E-state index in [2.05, 4.69) is 5.32 Å². The second-order valence-electron chi connectivity index (χ2n) is 4.92. The molecule has 0 saturated carbocycles. The third kappa shape index (κ3) is 3.51. The fraction of sp³-hybridized carbons (Fsp3) is 0.250. The van der Waals surface area contributed by atoms with Crippen LogP contribution >= 0.6 is 0 Å². The molecule has 0 amide bonds. The van der Waals surface area contributed by atoms with Crippen molar-refractivity contribution in [2.24, 2.45) is 0 Å². The SMILES string of the molecule is COc1cccc(CNc2cc([N+](=O)[O-])c(C)cc2C)c1. The van der Waals surface area contributed by atoms with E-state index in [1.807, 2.05) is 37.3 Å².